The predicted molar refractivity (Wildman–Crippen MR) is 93.6 cm³/mol. The molecule has 0 saturated heterocycles. The van der Waals surface area contributed by atoms with Crippen molar-refractivity contribution < 1.29 is 23.5 Å². The minimum absolute atomic E-state index is 0.198. The van der Waals surface area contributed by atoms with E-state index in [1.54, 1.807) is 12.1 Å². The first-order chi connectivity index (χ1) is 12.5. The van der Waals surface area contributed by atoms with Gasteiger partial charge in [-0.2, -0.15) is 0 Å². The molecule has 3 rings (SSSR count). The van der Waals surface area contributed by atoms with E-state index >= 15 is 0 Å². The van der Waals surface area contributed by atoms with Crippen LogP contribution in [0.25, 0.3) is 0 Å². The van der Waals surface area contributed by atoms with Gasteiger partial charge in [0.2, 0.25) is 11.8 Å². The van der Waals surface area contributed by atoms with E-state index in [4.69, 9.17) is 16.0 Å². The van der Waals surface area contributed by atoms with Gasteiger partial charge in [-0.15, -0.1) is 0 Å². The Hall–Kier alpha value is -2.80. The average molecular weight is 377 g/mol. The molecular weight excluding hydrogens is 360 g/mol. The van der Waals surface area contributed by atoms with Crippen LogP contribution in [0.3, 0.4) is 0 Å². The summed E-state index contributed by atoms with van der Waals surface area (Å²) in [6.07, 6.45) is 1.99. The number of nitrogens with one attached hydrogen (secondary N) is 2. The van der Waals surface area contributed by atoms with Gasteiger partial charge < -0.3 is 19.8 Å². The molecule has 2 amide bonds. The molecule has 0 radical (unpaired) electrons. The van der Waals surface area contributed by atoms with E-state index in [-0.39, 0.29) is 29.8 Å². The van der Waals surface area contributed by atoms with Crippen molar-refractivity contribution in [1.82, 2.24) is 5.32 Å². The molecule has 8 heteroatoms. The van der Waals surface area contributed by atoms with Gasteiger partial charge in [0.05, 0.1) is 48.0 Å². The highest BCUT2D eigenvalue weighted by atomic mass is 35.5. The molecule has 0 spiro atoms. The van der Waals surface area contributed by atoms with Crippen molar-refractivity contribution in [3.8, 4) is 0 Å². The molecule has 1 fully saturated rings. The fourth-order valence-electron chi connectivity index (χ4n) is 2.58. The molecule has 0 bridgehead atoms. The van der Waals surface area contributed by atoms with Gasteiger partial charge in [-0.05, 0) is 36.8 Å². The molecule has 2 unspecified atom stereocenters. The topological polar surface area (TPSA) is 97.6 Å². The summed E-state index contributed by atoms with van der Waals surface area (Å²) in [6, 6.07) is 7.95. The van der Waals surface area contributed by atoms with Gasteiger partial charge in [0.25, 0.3) is 0 Å². The molecule has 0 aliphatic heterocycles. The maximum absolute atomic E-state index is 12.3. The lowest BCUT2D eigenvalue weighted by Gasteiger charge is -2.09. The van der Waals surface area contributed by atoms with E-state index in [2.05, 4.69) is 15.4 Å². The first-order valence-corrected chi connectivity index (χ1v) is 8.36. The van der Waals surface area contributed by atoms with Crippen molar-refractivity contribution in [2.24, 2.45) is 11.8 Å². The summed E-state index contributed by atoms with van der Waals surface area (Å²) >= 11 is 6.06. The van der Waals surface area contributed by atoms with E-state index in [0.29, 0.717) is 22.9 Å². The number of rotatable bonds is 6. The molecule has 1 saturated carbocycles. The first-order valence-electron chi connectivity index (χ1n) is 7.98. The van der Waals surface area contributed by atoms with E-state index in [0.717, 1.165) is 0 Å². The van der Waals surface area contributed by atoms with Crippen molar-refractivity contribution in [3.05, 3.63) is 52.9 Å². The molecule has 1 aliphatic carbocycles. The number of ether oxygens (including phenoxy) is 1. The third-order valence-electron chi connectivity index (χ3n) is 4.13. The second kappa shape index (κ2) is 7.61. The summed E-state index contributed by atoms with van der Waals surface area (Å²) in [5.41, 5.74) is 0.581. The Labute approximate surface area is 154 Å². The molecule has 2 N–H and O–H groups in total. The van der Waals surface area contributed by atoms with Crippen molar-refractivity contribution in [1.29, 1.82) is 0 Å². The second-order valence-electron chi connectivity index (χ2n) is 5.92. The van der Waals surface area contributed by atoms with Crippen LogP contribution in [-0.2, 0) is 20.9 Å². The number of hydrogen-bond donors (Lipinski definition) is 2. The largest absolute Gasteiger partial charge is 0.467 e. The number of carbonyl (C=O) groups excluding carboxylic acids is 3. The summed E-state index contributed by atoms with van der Waals surface area (Å²) in [7, 11) is 1.27. The second-order valence-corrected chi connectivity index (χ2v) is 6.33. The Kier molecular flexibility index (Phi) is 5.27. The summed E-state index contributed by atoms with van der Waals surface area (Å²) in [5, 5.41) is 5.70. The number of hydrogen-bond acceptors (Lipinski definition) is 5. The molecule has 26 heavy (non-hydrogen) atoms. The van der Waals surface area contributed by atoms with Crippen LogP contribution in [-0.4, -0.2) is 24.9 Å². The molecular formula is C18H17ClN2O5. The number of furan rings is 1. The highest BCUT2D eigenvalue weighted by molar-refractivity contribution is 6.34. The molecule has 1 aromatic heterocycles. The third-order valence-corrected chi connectivity index (χ3v) is 4.46. The van der Waals surface area contributed by atoms with Gasteiger partial charge in [-0.25, -0.2) is 4.79 Å². The summed E-state index contributed by atoms with van der Waals surface area (Å²) in [6.45, 7) is 0.281. The third kappa shape index (κ3) is 4.05. The van der Waals surface area contributed by atoms with Crippen molar-refractivity contribution in [2.45, 2.75) is 13.0 Å². The number of methoxy groups -OCH3 is 1. The van der Waals surface area contributed by atoms with Crippen molar-refractivity contribution in [2.75, 3.05) is 12.4 Å². The monoisotopic (exact) mass is 376 g/mol. The molecule has 2 aromatic rings. The van der Waals surface area contributed by atoms with Gasteiger partial charge in [0.15, 0.2) is 0 Å². The Morgan fingerprint density at radius 2 is 2.00 bits per heavy atom. The van der Waals surface area contributed by atoms with Gasteiger partial charge in [0.1, 0.15) is 5.76 Å². The number of amides is 2. The fraction of sp³-hybridized carbons (Fsp3) is 0.278. The number of benzene rings is 1. The standard InChI is InChI=1S/C18H17ClN2O5/c1-25-18(24)10-4-5-14(19)15(7-10)21-17(23)13-8-12(13)16(22)20-9-11-3-2-6-26-11/h2-7,12-13H,8-9H2,1H3,(H,20,22)(H,21,23). The van der Waals surface area contributed by atoms with Crippen LogP contribution >= 0.6 is 11.6 Å². The van der Waals surface area contributed by atoms with E-state index in [1.165, 1.54) is 31.6 Å². The quantitative estimate of drug-likeness (QED) is 0.755. The Bertz CT molecular complexity index is 834. The highest BCUT2D eigenvalue weighted by Gasteiger charge is 2.48. The highest BCUT2D eigenvalue weighted by Crippen LogP contribution is 2.40. The zero-order chi connectivity index (χ0) is 18.7. The van der Waals surface area contributed by atoms with Crippen molar-refractivity contribution in [3.63, 3.8) is 0 Å². The smallest absolute Gasteiger partial charge is 0.337 e. The van der Waals surface area contributed by atoms with Crippen LogP contribution in [0.15, 0.2) is 41.0 Å². The maximum Gasteiger partial charge on any atom is 0.337 e. The van der Waals surface area contributed by atoms with Crippen LogP contribution < -0.4 is 10.6 Å². The lowest BCUT2D eigenvalue weighted by atomic mass is 10.2. The normalized spacial score (nSPS) is 18.1. The van der Waals surface area contributed by atoms with E-state index < -0.39 is 11.9 Å². The summed E-state index contributed by atoms with van der Waals surface area (Å²) in [4.78, 5) is 36.0. The Morgan fingerprint density at radius 3 is 2.69 bits per heavy atom. The lowest BCUT2D eigenvalue weighted by molar-refractivity contribution is -0.125. The molecule has 7 nitrogen and oxygen atoms in total. The van der Waals surface area contributed by atoms with Crippen molar-refractivity contribution >= 4 is 35.1 Å². The molecule has 2 atom stereocenters. The van der Waals surface area contributed by atoms with Gasteiger partial charge in [0, 0.05) is 0 Å². The van der Waals surface area contributed by atoms with Crippen LogP contribution in [0.2, 0.25) is 5.02 Å². The minimum atomic E-state index is -0.529. The van der Waals surface area contributed by atoms with Gasteiger partial charge in [-0.1, -0.05) is 11.6 Å². The Morgan fingerprint density at radius 1 is 1.23 bits per heavy atom. The zero-order valence-corrected chi connectivity index (χ0v) is 14.7. The molecule has 1 heterocycles. The number of carbonyl (C=O) groups is 3. The molecule has 1 aliphatic rings. The average Bonchev–Trinajstić information content (AvgIpc) is 3.28. The maximum atomic E-state index is 12.3. The summed E-state index contributed by atoms with van der Waals surface area (Å²) < 4.78 is 9.79. The van der Waals surface area contributed by atoms with Crippen LogP contribution in [0.1, 0.15) is 22.5 Å². The number of halogens is 1. The number of esters is 1. The van der Waals surface area contributed by atoms with Gasteiger partial charge in [-0.3, -0.25) is 9.59 Å². The molecule has 136 valence electrons. The van der Waals surface area contributed by atoms with E-state index in [9.17, 15) is 14.4 Å². The predicted octanol–water partition coefficient (Wildman–Crippen LogP) is 2.61. The number of anilines is 1. The fourth-order valence-corrected chi connectivity index (χ4v) is 2.75. The minimum Gasteiger partial charge on any atom is -0.467 e. The lowest BCUT2D eigenvalue weighted by Crippen LogP contribution is -2.27. The van der Waals surface area contributed by atoms with Crippen LogP contribution in [0, 0.1) is 11.8 Å². The van der Waals surface area contributed by atoms with Crippen LogP contribution in [0.5, 0.6) is 0 Å². The zero-order valence-electron chi connectivity index (χ0n) is 14.0. The molecule has 1 aromatic carbocycles. The van der Waals surface area contributed by atoms with E-state index in [1.807, 2.05) is 0 Å². The van der Waals surface area contributed by atoms with Crippen LogP contribution in [0.4, 0.5) is 5.69 Å². The summed E-state index contributed by atoms with van der Waals surface area (Å²) in [5.74, 6) is -1.20. The first kappa shape index (κ1) is 18.0. The van der Waals surface area contributed by atoms with Gasteiger partial charge >= 0.3 is 5.97 Å². The Balaban J connectivity index is 1.56. The SMILES string of the molecule is COC(=O)c1ccc(Cl)c(NC(=O)C2CC2C(=O)NCc2ccco2)c1.